The quantitative estimate of drug-likeness (QED) is 0.274. The van der Waals surface area contributed by atoms with Crippen molar-refractivity contribution in [3.8, 4) is 0 Å². The molecule has 6 heteroatoms. The van der Waals surface area contributed by atoms with Crippen molar-refractivity contribution in [3.05, 3.63) is 64.0 Å². The number of rotatable bonds is 7. The number of hydrogen-bond donors (Lipinski definition) is 0. The standard InChI is InChI=1S/C32H45N3O3/c36-32(34-21-11-20-33-34)31(30(23-35(37)38)24-12-7-3-1-2-4-8-13-24)26-18-16-25(17-19-26)28-15-10-6-5-9-14-27-22-29(27)28/h11,16-21,24,27-31H,1-10,12-15,22-23H2/t27-,28?,29?,30?,31?/m0/s1. The number of fused-ring (bicyclic) bond motifs is 1. The van der Waals surface area contributed by atoms with Crippen molar-refractivity contribution in [2.45, 2.75) is 108 Å². The molecule has 38 heavy (non-hydrogen) atoms. The minimum Gasteiger partial charge on any atom is -0.272 e. The molecule has 1 aromatic heterocycles. The van der Waals surface area contributed by atoms with Crippen LogP contribution in [0.5, 0.6) is 0 Å². The maximum absolute atomic E-state index is 13.9. The second-order valence-corrected chi connectivity index (χ2v) is 12.3. The molecule has 4 unspecified atom stereocenters. The molecule has 3 fully saturated rings. The van der Waals surface area contributed by atoms with Crippen LogP contribution in [0.3, 0.4) is 0 Å². The Morgan fingerprint density at radius 1 is 0.921 bits per heavy atom. The Bertz CT molecular complexity index is 1020. The van der Waals surface area contributed by atoms with Gasteiger partial charge in [-0.1, -0.05) is 94.9 Å². The van der Waals surface area contributed by atoms with Gasteiger partial charge in [-0.25, -0.2) is 4.68 Å². The zero-order valence-corrected chi connectivity index (χ0v) is 22.9. The molecule has 1 heterocycles. The fourth-order valence-corrected chi connectivity index (χ4v) is 7.70. The topological polar surface area (TPSA) is 78.0 Å². The van der Waals surface area contributed by atoms with Crippen LogP contribution in [0.25, 0.3) is 0 Å². The molecule has 3 aliphatic carbocycles. The second kappa shape index (κ2) is 13.0. The summed E-state index contributed by atoms with van der Waals surface area (Å²) in [7, 11) is 0. The molecule has 0 saturated heterocycles. The number of hydrogen-bond acceptors (Lipinski definition) is 4. The summed E-state index contributed by atoms with van der Waals surface area (Å²) in [5.74, 6) is 1.44. The van der Waals surface area contributed by atoms with Crippen molar-refractivity contribution in [3.63, 3.8) is 0 Å². The Balaban J connectivity index is 1.45. The molecular formula is C32H45N3O3. The van der Waals surface area contributed by atoms with Gasteiger partial charge in [-0.3, -0.25) is 14.9 Å². The van der Waals surface area contributed by atoms with Gasteiger partial charge >= 0.3 is 0 Å². The van der Waals surface area contributed by atoms with Crippen molar-refractivity contribution < 1.29 is 9.72 Å². The lowest BCUT2D eigenvalue weighted by atomic mass is 9.73. The van der Waals surface area contributed by atoms with Gasteiger partial charge in [0.05, 0.1) is 5.92 Å². The predicted octanol–water partition coefficient (Wildman–Crippen LogP) is 8.02. The largest absolute Gasteiger partial charge is 0.272 e. The van der Waals surface area contributed by atoms with E-state index in [1.165, 1.54) is 80.9 Å². The summed E-state index contributed by atoms with van der Waals surface area (Å²) < 4.78 is 1.40. The van der Waals surface area contributed by atoms with E-state index in [0.29, 0.717) is 5.92 Å². The summed E-state index contributed by atoms with van der Waals surface area (Å²) >= 11 is 0. The van der Waals surface area contributed by atoms with Crippen molar-refractivity contribution in [1.82, 2.24) is 9.78 Å². The van der Waals surface area contributed by atoms with E-state index in [2.05, 4.69) is 29.4 Å². The molecule has 3 aliphatic rings. The number of carbonyl (C=O) groups excluding carboxylic acids is 1. The average molecular weight is 520 g/mol. The SMILES string of the molecule is O=C(C(c1ccc(C2CCCCCC[C@H]3CC23)cc1)C(C[N+](=O)[O-])C1CCCCCCCC1)n1cccn1. The number of aromatic nitrogens is 2. The zero-order chi connectivity index (χ0) is 26.3. The van der Waals surface area contributed by atoms with E-state index in [1.54, 1.807) is 18.5 Å². The smallest absolute Gasteiger partial charge is 0.254 e. The Morgan fingerprint density at radius 2 is 1.55 bits per heavy atom. The molecule has 206 valence electrons. The number of benzene rings is 1. The van der Waals surface area contributed by atoms with Crippen molar-refractivity contribution in [1.29, 1.82) is 0 Å². The van der Waals surface area contributed by atoms with E-state index in [0.717, 1.165) is 43.1 Å². The molecule has 0 bridgehead atoms. The summed E-state index contributed by atoms with van der Waals surface area (Å²) in [6.07, 6.45) is 21.6. The fourth-order valence-electron chi connectivity index (χ4n) is 7.70. The minimum absolute atomic E-state index is 0.140. The van der Waals surface area contributed by atoms with Gasteiger partial charge in [0.2, 0.25) is 6.54 Å². The first-order valence-electron chi connectivity index (χ1n) is 15.4. The van der Waals surface area contributed by atoms with E-state index >= 15 is 0 Å². The minimum atomic E-state index is -0.561. The molecule has 0 N–H and O–H groups in total. The Kier molecular flexibility index (Phi) is 9.29. The van der Waals surface area contributed by atoms with Crippen LogP contribution < -0.4 is 0 Å². The predicted molar refractivity (Wildman–Crippen MR) is 150 cm³/mol. The highest BCUT2D eigenvalue weighted by molar-refractivity contribution is 5.85. The van der Waals surface area contributed by atoms with E-state index < -0.39 is 5.92 Å². The van der Waals surface area contributed by atoms with Gasteiger partial charge in [0.25, 0.3) is 5.91 Å². The number of nitro groups is 1. The lowest BCUT2D eigenvalue weighted by Gasteiger charge is -2.31. The van der Waals surface area contributed by atoms with Crippen LogP contribution in [0.4, 0.5) is 0 Å². The van der Waals surface area contributed by atoms with Crippen LogP contribution in [0, 0.1) is 33.8 Å². The van der Waals surface area contributed by atoms with Gasteiger partial charge in [-0.05, 0) is 66.5 Å². The van der Waals surface area contributed by atoms with E-state index in [1.807, 2.05) is 0 Å². The van der Waals surface area contributed by atoms with Crippen LogP contribution in [0.2, 0.25) is 0 Å². The summed E-state index contributed by atoms with van der Waals surface area (Å²) in [5, 5.41) is 16.2. The third-order valence-corrected chi connectivity index (χ3v) is 9.85. The molecule has 0 spiro atoms. The third kappa shape index (κ3) is 6.73. The lowest BCUT2D eigenvalue weighted by Crippen LogP contribution is -2.36. The molecule has 5 rings (SSSR count). The molecule has 1 aromatic carbocycles. The molecule has 0 radical (unpaired) electrons. The Labute approximate surface area is 227 Å². The molecule has 6 nitrogen and oxygen atoms in total. The van der Waals surface area contributed by atoms with Crippen LogP contribution in [0.15, 0.2) is 42.7 Å². The Hall–Kier alpha value is -2.50. The van der Waals surface area contributed by atoms with E-state index in [9.17, 15) is 14.9 Å². The van der Waals surface area contributed by atoms with Gasteiger partial charge in [-0.2, -0.15) is 5.10 Å². The number of carbonyl (C=O) groups is 1. The molecule has 0 aliphatic heterocycles. The monoisotopic (exact) mass is 519 g/mol. The second-order valence-electron chi connectivity index (χ2n) is 12.3. The first-order valence-corrected chi connectivity index (χ1v) is 15.4. The molecule has 0 amide bonds. The van der Waals surface area contributed by atoms with Crippen LogP contribution in [-0.2, 0) is 0 Å². The van der Waals surface area contributed by atoms with Crippen molar-refractivity contribution in [2.75, 3.05) is 6.54 Å². The first kappa shape index (κ1) is 27.1. The first-order chi connectivity index (χ1) is 18.6. The third-order valence-electron chi connectivity index (χ3n) is 9.85. The van der Waals surface area contributed by atoms with Crippen LogP contribution in [-0.4, -0.2) is 27.2 Å². The highest BCUT2D eigenvalue weighted by atomic mass is 16.6. The maximum atomic E-state index is 13.9. The average Bonchev–Trinajstić information content (AvgIpc) is 3.40. The molecule has 2 aromatic rings. The molecule has 3 saturated carbocycles. The van der Waals surface area contributed by atoms with E-state index in [-0.39, 0.29) is 29.2 Å². The van der Waals surface area contributed by atoms with Crippen LogP contribution in [0.1, 0.15) is 124 Å². The van der Waals surface area contributed by atoms with Crippen LogP contribution >= 0.6 is 0 Å². The summed E-state index contributed by atoms with van der Waals surface area (Å²) in [6, 6.07) is 10.5. The number of nitrogens with zero attached hydrogens (tertiary/aromatic N) is 3. The summed E-state index contributed by atoms with van der Waals surface area (Å²) in [5.41, 5.74) is 2.30. The highest BCUT2D eigenvalue weighted by Gasteiger charge is 2.43. The van der Waals surface area contributed by atoms with E-state index in [4.69, 9.17) is 0 Å². The summed E-state index contributed by atoms with van der Waals surface area (Å²) in [6.45, 7) is -0.170. The highest BCUT2D eigenvalue weighted by Crippen LogP contribution is 2.53. The maximum Gasteiger partial charge on any atom is 0.254 e. The van der Waals surface area contributed by atoms with Gasteiger partial charge in [0.15, 0.2) is 0 Å². The van der Waals surface area contributed by atoms with Gasteiger partial charge in [-0.15, -0.1) is 0 Å². The van der Waals surface area contributed by atoms with Crippen molar-refractivity contribution in [2.24, 2.45) is 23.7 Å². The molecular weight excluding hydrogens is 474 g/mol. The Morgan fingerprint density at radius 3 is 2.18 bits per heavy atom. The lowest BCUT2D eigenvalue weighted by molar-refractivity contribution is -0.490. The molecule has 5 atom stereocenters. The van der Waals surface area contributed by atoms with Gasteiger partial charge in [0.1, 0.15) is 0 Å². The summed E-state index contributed by atoms with van der Waals surface area (Å²) in [4.78, 5) is 25.7. The zero-order valence-electron chi connectivity index (χ0n) is 22.9. The fraction of sp³-hybridized carbons (Fsp3) is 0.688. The van der Waals surface area contributed by atoms with Gasteiger partial charge in [0, 0.05) is 23.2 Å². The van der Waals surface area contributed by atoms with Gasteiger partial charge < -0.3 is 0 Å². The normalized spacial score (nSPS) is 26.8. The van der Waals surface area contributed by atoms with Crippen molar-refractivity contribution >= 4 is 5.91 Å².